The molecule has 0 saturated carbocycles. The van der Waals surface area contributed by atoms with Gasteiger partial charge in [0.1, 0.15) is 0 Å². The molecule has 1 heteroatoms. The van der Waals surface area contributed by atoms with E-state index in [9.17, 15) is 5.11 Å². The van der Waals surface area contributed by atoms with Gasteiger partial charge in [-0.2, -0.15) is 0 Å². The van der Waals surface area contributed by atoms with Gasteiger partial charge in [-0.15, -0.1) is 5.92 Å². The second-order valence-corrected chi connectivity index (χ2v) is 4.02. The molecular formula is C14H18O. The topological polar surface area (TPSA) is 20.2 Å². The van der Waals surface area contributed by atoms with E-state index in [2.05, 4.69) is 11.8 Å². The van der Waals surface area contributed by atoms with Crippen LogP contribution < -0.4 is 0 Å². The summed E-state index contributed by atoms with van der Waals surface area (Å²) in [5.74, 6) is 6.12. The van der Waals surface area contributed by atoms with E-state index < -0.39 is 6.10 Å². The molecule has 0 unspecified atom stereocenters. The lowest BCUT2D eigenvalue weighted by molar-refractivity contribution is 0.113. The van der Waals surface area contributed by atoms with Crippen molar-refractivity contribution in [3.63, 3.8) is 0 Å². The first-order chi connectivity index (χ1) is 7.16. The van der Waals surface area contributed by atoms with Crippen LogP contribution in [0.5, 0.6) is 0 Å². The molecule has 0 saturated heterocycles. The Kier molecular flexibility index (Phi) is 4.39. The maximum atomic E-state index is 10.1. The zero-order chi connectivity index (χ0) is 11.3. The fourth-order valence-electron chi connectivity index (χ4n) is 1.57. The Morgan fingerprint density at radius 3 is 2.20 bits per heavy atom. The van der Waals surface area contributed by atoms with E-state index in [1.54, 1.807) is 0 Å². The normalized spacial score (nSPS) is 14.2. The van der Waals surface area contributed by atoms with Gasteiger partial charge in [0, 0.05) is 0 Å². The average molecular weight is 202 g/mol. The molecule has 1 aromatic carbocycles. The first-order valence-electron chi connectivity index (χ1n) is 5.32. The number of hydrogen-bond donors (Lipinski definition) is 1. The van der Waals surface area contributed by atoms with Crippen molar-refractivity contribution in [3.8, 4) is 11.8 Å². The Morgan fingerprint density at radius 1 is 1.13 bits per heavy atom. The Labute approximate surface area is 92.1 Å². The van der Waals surface area contributed by atoms with Crippen LogP contribution in [0.2, 0.25) is 0 Å². The van der Waals surface area contributed by atoms with E-state index >= 15 is 0 Å². The quantitative estimate of drug-likeness (QED) is 0.747. The van der Waals surface area contributed by atoms with Crippen molar-refractivity contribution in [2.45, 2.75) is 32.8 Å². The summed E-state index contributed by atoms with van der Waals surface area (Å²) in [6.07, 6.45) is -0.403. The van der Waals surface area contributed by atoms with Crippen LogP contribution in [0.15, 0.2) is 30.3 Å². The summed E-state index contributed by atoms with van der Waals surface area (Å²) >= 11 is 0. The summed E-state index contributed by atoms with van der Waals surface area (Å²) in [4.78, 5) is 0. The van der Waals surface area contributed by atoms with E-state index in [-0.39, 0.29) is 11.8 Å². The maximum absolute atomic E-state index is 10.1. The molecule has 0 aliphatic heterocycles. The molecular weight excluding hydrogens is 184 g/mol. The molecule has 0 aliphatic carbocycles. The van der Waals surface area contributed by atoms with Gasteiger partial charge in [0.15, 0.2) is 0 Å². The molecule has 0 radical (unpaired) electrons. The first kappa shape index (κ1) is 11.8. The van der Waals surface area contributed by atoms with Crippen LogP contribution in [-0.2, 0) is 0 Å². The fourth-order valence-corrected chi connectivity index (χ4v) is 1.57. The van der Waals surface area contributed by atoms with Crippen LogP contribution in [0, 0.1) is 17.8 Å². The third-order valence-corrected chi connectivity index (χ3v) is 2.48. The maximum Gasteiger partial charge on any atom is 0.0741 e. The Morgan fingerprint density at radius 2 is 1.73 bits per heavy atom. The third-order valence-electron chi connectivity index (χ3n) is 2.48. The van der Waals surface area contributed by atoms with Gasteiger partial charge in [-0.1, -0.05) is 50.1 Å². The minimum Gasteiger partial charge on any atom is -0.391 e. The lowest BCUT2D eigenvalue weighted by Gasteiger charge is -2.21. The van der Waals surface area contributed by atoms with Crippen molar-refractivity contribution < 1.29 is 5.11 Å². The van der Waals surface area contributed by atoms with Crippen LogP contribution in [0.4, 0.5) is 0 Å². The van der Waals surface area contributed by atoms with Crippen LogP contribution in [0.3, 0.4) is 0 Å². The van der Waals surface area contributed by atoms with Gasteiger partial charge in [-0.25, -0.2) is 0 Å². The smallest absolute Gasteiger partial charge is 0.0741 e. The van der Waals surface area contributed by atoms with Gasteiger partial charge in [-0.3, -0.25) is 0 Å². The third kappa shape index (κ3) is 3.11. The summed E-state index contributed by atoms with van der Waals surface area (Å²) < 4.78 is 0. The number of rotatable bonds is 3. The molecule has 0 aromatic heterocycles. The van der Waals surface area contributed by atoms with Crippen molar-refractivity contribution in [2.24, 2.45) is 5.92 Å². The van der Waals surface area contributed by atoms with Gasteiger partial charge >= 0.3 is 0 Å². The summed E-state index contributed by atoms with van der Waals surface area (Å²) in [5.41, 5.74) is 1.09. The molecule has 0 amide bonds. The minimum atomic E-state index is -0.403. The Balaban J connectivity index is 2.97. The summed E-state index contributed by atoms with van der Waals surface area (Å²) in [5, 5.41) is 10.1. The highest BCUT2D eigenvalue weighted by atomic mass is 16.3. The van der Waals surface area contributed by atoms with E-state index in [1.807, 2.05) is 51.1 Å². The highest BCUT2D eigenvalue weighted by molar-refractivity contribution is 5.29. The van der Waals surface area contributed by atoms with Crippen LogP contribution >= 0.6 is 0 Å². The van der Waals surface area contributed by atoms with Gasteiger partial charge in [-0.05, 0) is 18.4 Å². The summed E-state index contributed by atoms with van der Waals surface area (Å²) in [6, 6.07) is 9.96. The average Bonchev–Trinajstić information content (AvgIpc) is 2.26. The zero-order valence-corrected chi connectivity index (χ0v) is 9.57. The van der Waals surface area contributed by atoms with Gasteiger partial charge in [0.25, 0.3) is 0 Å². The van der Waals surface area contributed by atoms with Crippen LogP contribution in [0.25, 0.3) is 0 Å². The van der Waals surface area contributed by atoms with Gasteiger partial charge in [0.2, 0.25) is 0 Å². The standard InChI is InChI=1S/C14H18O/c1-4-8-13(14(15)11(2)3)12-9-6-5-7-10-12/h5-7,9-11,13-15H,1-3H3/t13-,14-/m0/s1. The first-order valence-corrected chi connectivity index (χ1v) is 5.32. The largest absolute Gasteiger partial charge is 0.391 e. The molecule has 1 rings (SSSR count). The number of hydrogen-bond acceptors (Lipinski definition) is 1. The second-order valence-electron chi connectivity index (χ2n) is 4.02. The van der Waals surface area contributed by atoms with Crippen molar-refractivity contribution in [1.29, 1.82) is 0 Å². The predicted molar refractivity (Wildman–Crippen MR) is 63.5 cm³/mol. The second kappa shape index (κ2) is 5.58. The van der Waals surface area contributed by atoms with E-state index in [0.29, 0.717) is 0 Å². The monoisotopic (exact) mass is 202 g/mol. The highest BCUT2D eigenvalue weighted by Gasteiger charge is 2.21. The molecule has 1 nitrogen and oxygen atoms in total. The number of aliphatic hydroxyl groups excluding tert-OH is 1. The Hall–Kier alpha value is -1.26. The molecule has 0 spiro atoms. The van der Waals surface area contributed by atoms with Crippen molar-refractivity contribution >= 4 is 0 Å². The minimum absolute atomic E-state index is 0.0730. The Bertz CT molecular complexity index is 343. The SMILES string of the molecule is CC#C[C@@H](c1ccccc1)[C@@H](O)C(C)C. The van der Waals surface area contributed by atoms with Gasteiger partial charge in [0.05, 0.1) is 12.0 Å². The lowest BCUT2D eigenvalue weighted by atomic mass is 9.88. The number of benzene rings is 1. The molecule has 80 valence electrons. The highest BCUT2D eigenvalue weighted by Crippen LogP contribution is 2.23. The molecule has 15 heavy (non-hydrogen) atoms. The van der Waals surface area contributed by atoms with E-state index in [1.165, 1.54) is 0 Å². The predicted octanol–water partition coefficient (Wildman–Crippen LogP) is 2.81. The van der Waals surface area contributed by atoms with Crippen LogP contribution in [-0.4, -0.2) is 11.2 Å². The lowest BCUT2D eigenvalue weighted by Crippen LogP contribution is -2.23. The summed E-state index contributed by atoms with van der Waals surface area (Å²) in [6.45, 7) is 5.83. The number of aliphatic hydroxyl groups is 1. The van der Waals surface area contributed by atoms with Crippen molar-refractivity contribution in [3.05, 3.63) is 35.9 Å². The zero-order valence-electron chi connectivity index (χ0n) is 9.57. The van der Waals surface area contributed by atoms with E-state index in [0.717, 1.165) is 5.56 Å². The molecule has 1 aromatic rings. The molecule has 0 bridgehead atoms. The molecule has 0 aliphatic rings. The van der Waals surface area contributed by atoms with Crippen molar-refractivity contribution in [2.75, 3.05) is 0 Å². The van der Waals surface area contributed by atoms with Gasteiger partial charge < -0.3 is 5.11 Å². The van der Waals surface area contributed by atoms with E-state index in [4.69, 9.17) is 0 Å². The molecule has 1 N–H and O–H groups in total. The van der Waals surface area contributed by atoms with Crippen LogP contribution in [0.1, 0.15) is 32.3 Å². The summed E-state index contributed by atoms with van der Waals surface area (Å²) in [7, 11) is 0. The van der Waals surface area contributed by atoms with Crippen molar-refractivity contribution in [1.82, 2.24) is 0 Å². The molecule has 0 fully saturated rings. The molecule has 0 heterocycles. The fraction of sp³-hybridized carbons (Fsp3) is 0.429. The molecule has 2 atom stereocenters.